The van der Waals surface area contributed by atoms with Crippen molar-refractivity contribution >= 4 is 11.8 Å². The van der Waals surface area contributed by atoms with Crippen molar-refractivity contribution in [3.8, 4) is 0 Å². The van der Waals surface area contributed by atoms with Crippen molar-refractivity contribution in [2.75, 3.05) is 0 Å². The third-order valence-corrected chi connectivity index (χ3v) is 2.52. The summed E-state index contributed by atoms with van der Waals surface area (Å²) in [7, 11) is 0. The Morgan fingerprint density at radius 2 is 1.67 bits per heavy atom. The van der Waals surface area contributed by atoms with Crippen LogP contribution in [-0.2, 0) is 114 Å². The van der Waals surface area contributed by atoms with Crippen LogP contribution in [0, 0.1) is 12.8 Å². The fourth-order valence-electron chi connectivity index (χ4n) is 1.68. The average Bonchev–Trinajstić information content (AvgIpc) is 2.47. The Hall–Kier alpha value is 1.67. The van der Waals surface area contributed by atoms with Crippen LogP contribution < -0.4 is 0 Å². The molecule has 0 aromatic heterocycles. The second-order valence-electron chi connectivity index (χ2n) is 3.70. The molecule has 1 atom stereocenters. The van der Waals surface area contributed by atoms with E-state index in [4.69, 9.17) is 0 Å². The zero-order chi connectivity index (χ0) is 10.8. The van der Waals surface area contributed by atoms with E-state index in [1.54, 1.807) is 0 Å². The van der Waals surface area contributed by atoms with Crippen molar-refractivity contribution in [1.82, 2.24) is 4.90 Å². The molecule has 0 N–H and O–H groups in total. The van der Waals surface area contributed by atoms with E-state index in [1.807, 2.05) is 30.3 Å². The smallest absolute Gasteiger partial charge is 0.227 e. The van der Waals surface area contributed by atoms with Gasteiger partial charge in [0.1, 0.15) is 0 Å². The second-order valence-corrected chi connectivity index (χ2v) is 3.70. The molecular weight excluding hydrogens is 457 g/mol. The van der Waals surface area contributed by atoms with Gasteiger partial charge < -0.3 is 6.92 Å². The minimum absolute atomic E-state index is 0. The second kappa shape index (κ2) is 10.4. The van der Waals surface area contributed by atoms with Crippen LogP contribution in [-0.4, -0.2) is 16.7 Å². The summed E-state index contributed by atoms with van der Waals surface area (Å²) in [6.45, 7) is 4.01. The van der Waals surface area contributed by atoms with Gasteiger partial charge >= 0.3 is 0 Å². The summed E-state index contributed by atoms with van der Waals surface area (Å²) in [4.78, 5) is 24.3. The SMILES string of the molecule is [CH2-]C1CC(=O)N(Cc2ccccc2)C1=O.[Y].[Y].[Y]. The first-order valence-corrected chi connectivity index (χ1v) is 4.89. The molecule has 1 unspecified atom stereocenters. The van der Waals surface area contributed by atoms with Crippen LogP contribution in [0.4, 0.5) is 0 Å². The number of hydrogen-bond acceptors (Lipinski definition) is 2. The van der Waals surface area contributed by atoms with E-state index in [1.165, 1.54) is 4.90 Å². The minimum Gasteiger partial charge on any atom is -0.331 e. The molecule has 1 aromatic carbocycles. The van der Waals surface area contributed by atoms with Gasteiger partial charge in [-0.1, -0.05) is 36.2 Å². The number of rotatable bonds is 2. The predicted octanol–water partition coefficient (Wildman–Crippen LogP) is 1.39. The summed E-state index contributed by atoms with van der Waals surface area (Å²) in [5.74, 6) is -0.686. The molecule has 0 bridgehead atoms. The molecule has 6 heteroatoms. The zero-order valence-corrected chi connectivity index (χ0v) is 18.6. The summed E-state index contributed by atoms with van der Waals surface area (Å²) in [5, 5.41) is 0. The van der Waals surface area contributed by atoms with Gasteiger partial charge in [0.25, 0.3) is 0 Å². The normalized spacial score (nSPS) is 17.6. The maximum atomic E-state index is 11.6. The fourth-order valence-corrected chi connectivity index (χ4v) is 1.68. The Labute approximate surface area is 183 Å². The zero-order valence-electron chi connectivity index (χ0n) is 10.1. The molecule has 87 valence electrons. The maximum absolute atomic E-state index is 11.6. The third-order valence-electron chi connectivity index (χ3n) is 2.52. The van der Waals surface area contributed by atoms with Crippen molar-refractivity contribution in [3.63, 3.8) is 0 Å². The van der Waals surface area contributed by atoms with Crippen LogP contribution >= 0.6 is 0 Å². The van der Waals surface area contributed by atoms with E-state index >= 15 is 0 Å². The molecule has 0 aliphatic carbocycles. The molecule has 1 aliphatic heterocycles. The van der Waals surface area contributed by atoms with Crippen molar-refractivity contribution in [2.24, 2.45) is 5.92 Å². The molecule has 18 heavy (non-hydrogen) atoms. The van der Waals surface area contributed by atoms with Crippen molar-refractivity contribution in [3.05, 3.63) is 42.8 Å². The molecular formula is C12H12NO2Y3-. The van der Waals surface area contributed by atoms with Crippen molar-refractivity contribution in [2.45, 2.75) is 13.0 Å². The van der Waals surface area contributed by atoms with Gasteiger partial charge in [-0.05, 0) is 5.56 Å². The minimum atomic E-state index is -0.402. The van der Waals surface area contributed by atoms with Crippen LogP contribution in [0.5, 0.6) is 0 Å². The molecule has 2 amide bonds. The van der Waals surface area contributed by atoms with E-state index in [2.05, 4.69) is 6.92 Å². The van der Waals surface area contributed by atoms with Gasteiger partial charge in [-0.3, -0.25) is 14.5 Å². The number of imide groups is 1. The Bertz CT molecular complexity index is 398. The van der Waals surface area contributed by atoms with Crippen molar-refractivity contribution in [1.29, 1.82) is 0 Å². The molecule has 3 nitrogen and oxygen atoms in total. The summed E-state index contributed by atoms with van der Waals surface area (Å²) >= 11 is 0. The Kier molecular flexibility index (Phi) is 12.7. The van der Waals surface area contributed by atoms with E-state index < -0.39 is 5.92 Å². The molecule has 1 aromatic rings. The van der Waals surface area contributed by atoms with Gasteiger partial charge in [-0.25, -0.2) is 0 Å². The van der Waals surface area contributed by atoms with Crippen LogP contribution in [0.3, 0.4) is 0 Å². The average molecular weight is 469 g/mol. The van der Waals surface area contributed by atoms with Gasteiger partial charge in [-0.2, -0.15) is 0 Å². The molecule has 0 spiro atoms. The predicted molar refractivity (Wildman–Crippen MR) is 55.5 cm³/mol. The molecule has 2 rings (SSSR count). The van der Waals surface area contributed by atoms with E-state index in [9.17, 15) is 9.59 Å². The van der Waals surface area contributed by atoms with E-state index in [0.29, 0.717) is 6.54 Å². The van der Waals surface area contributed by atoms with Crippen LogP contribution in [0.1, 0.15) is 12.0 Å². The number of amides is 2. The molecule has 0 saturated carbocycles. The van der Waals surface area contributed by atoms with Crippen LogP contribution in [0.2, 0.25) is 0 Å². The van der Waals surface area contributed by atoms with Gasteiger partial charge in [-0.15, -0.1) is 0 Å². The molecule has 1 aliphatic rings. The summed E-state index contributed by atoms with van der Waals surface area (Å²) < 4.78 is 0. The summed E-state index contributed by atoms with van der Waals surface area (Å²) in [6, 6.07) is 9.49. The van der Waals surface area contributed by atoms with Gasteiger partial charge in [0.15, 0.2) is 0 Å². The van der Waals surface area contributed by atoms with Crippen LogP contribution in [0.15, 0.2) is 30.3 Å². The Morgan fingerprint density at radius 1 is 1.11 bits per heavy atom. The van der Waals surface area contributed by atoms with Crippen molar-refractivity contribution < 1.29 is 108 Å². The quantitative estimate of drug-likeness (QED) is 0.486. The summed E-state index contributed by atoms with van der Waals surface area (Å²) in [6.07, 6.45) is 0.242. The number of benzene rings is 1. The van der Waals surface area contributed by atoms with Gasteiger partial charge in [0.05, 0.1) is 6.54 Å². The molecule has 1 saturated heterocycles. The van der Waals surface area contributed by atoms with Gasteiger partial charge in [0.2, 0.25) is 11.8 Å². The molecule has 1 fully saturated rings. The Balaban J connectivity index is 0. The first-order chi connectivity index (χ1) is 7.18. The number of carbonyl (C=O) groups excluding carboxylic acids is 2. The monoisotopic (exact) mass is 469 g/mol. The third kappa shape index (κ3) is 5.58. The Morgan fingerprint density at radius 3 is 2.11 bits per heavy atom. The van der Waals surface area contributed by atoms with E-state index in [-0.39, 0.29) is 116 Å². The standard InChI is InChI=1S/C12H12NO2.3Y/c1-9-7-11(14)13(12(9)15)8-10-5-3-2-4-6-10;;;/h2-6,9H,1,7-8H2;;;/q-1;;;. The fraction of sp³-hybridized carbons (Fsp3) is 0.250. The van der Waals surface area contributed by atoms with E-state index in [0.717, 1.165) is 5.56 Å². The largest absolute Gasteiger partial charge is 0.331 e. The number of hydrogen-bond donors (Lipinski definition) is 0. The maximum Gasteiger partial charge on any atom is 0.227 e. The topological polar surface area (TPSA) is 37.4 Å². The van der Waals surface area contributed by atoms with Gasteiger partial charge in [0, 0.05) is 105 Å². The number of likely N-dealkylation sites (tertiary alicyclic amines) is 1. The molecule has 1 heterocycles. The first kappa shape index (κ1) is 22.0. The van der Waals surface area contributed by atoms with Crippen LogP contribution in [0.25, 0.3) is 0 Å². The molecule has 3 radical (unpaired) electrons. The summed E-state index contributed by atoms with van der Waals surface area (Å²) in [5.41, 5.74) is 0.966. The number of nitrogens with zero attached hydrogens (tertiary/aromatic N) is 1. The first-order valence-electron chi connectivity index (χ1n) is 4.89. The number of carbonyl (C=O) groups is 2.